The second-order valence-corrected chi connectivity index (χ2v) is 10.8. The summed E-state index contributed by atoms with van der Waals surface area (Å²) in [5, 5.41) is 15.6. The molecule has 0 heterocycles. The van der Waals surface area contributed by atoms with Gasteiger partial charge in [-0.1, -0.05) is 75.4 Å². The largest absolute Gasteiger partial charge is 0.508 e. The topological polar surface area (TPSA) is 78.4 Å². The van der Waals surface area contributed by atoms with Crippen molar-refractivity contribution in [3.8, 4) is 16.9 Å². The molecule has 0 fully saturated rings. The van der Waals surface area contributed by atoms with E-state index >= 15 is 0 Å². The molecule has 5 nitrogen and oxygen atoms in total. The van der Waals surface area contributed by atoms with Crippen molar-refractivity contribution in [2.45, 2.75) is 59.5 Å². The van der Waals surface area contributed by atoms with E-state index in [1.165, 1.54) is 0 Å². The fourth-order valence-corrected chi connectivity index (χ4v) is 3.86. The number of hydrogen-bond donors (Lipinski definition) is 3. The third-order valence-electron chi connectivity index (χ3n) is 5.75. The summed E-state index contributed by atoms with van der Waals surface area (Å²) >= 11 is 0. The zero-order chi connectivity index (χ0) is 25.6. The molecule has 3 aromatic rings. The van der Waals surface area contributed by atoms with Crippen molar-refractivity contribution in [1.29, 1.82) is 0 Å². The molecule has 0 aromatic heterocycles. The molecule has 0 radical (unpaired) electrons. The number of hydrogen-bond acceptors (Lipinski definition) is 3. The molecule has 0 spiro atoms. The Hall–Kier alpha value is -3.60. The molecular formula is C30H36N2O3. The van der Waals surface area contributed by atoms with E-state index in [2.05, 4.69) is 10.6 Å². The number of phenols is 1. The Morgan fingerprint density at radius 1 is 0.771 bits per heavy atom. The van der Waals surface area contributed by atoms with Gasteiger partial charge in [-0.3, -0.25) is 9.59 Å². The van der Waals surface area contributed by atoms with Crippen molar-refractivity contribution < 1.29 is 14.7 Å². The first-order valence-electron chi connectivity index (χ1n) is 12.0. The van der Waals surface area contributed by atoms with Gasteiger partial charge in [0.2, 0.25) is 11.8 Å². The smallest absolute Gasteiger partial charge is 0.225 e. The predicted molar refractivity (Wildman–Crippen MR) is 141 cm³/mol. The van der Waals surface area contributed by atoms with Crippen LogP contribution in [0.2, 0.25) is 0 Å². The minimum atomic E-state index is -0.444. The molecule has 184 valence electrons. The molecule has 0 saturated carbocycles. The van der Waals surface area contributed by atoms with Gasteiger partial charge in [0.05, 0.1) is 6.42 Å². The van der Waals surface area contributed by atoms with Crippen LogP contribution >= 0.6 is 0 Å². The van der Waals surface area contributed by atoms with Crippen molar-refractivity contribution >= 4 is 11.8 Å². The van der Waals surface area contributed by atoms with Crippen LogP contribution in [-0.2, 0) is 29.0 Å². The molecule has 0 aliphatic heterocycles. The first kappa shape index (κ1) is 26.0. The second kappa shape index (κ2) is 10.8. The predicted octanol–water partition coefficient (Wildman–Crippen LogP) is 5.40. The van der Waals surface area contributed by atoms with Crippen molar-refractivity contribution in [3.63, 3.8) is 0 Å². The van der Waals surface area contributed by atoms with Gasteiger partial charge >= 0.3 is 0 Å². The summed E-state index contributed by atoms with van der Waals surface area (Å²) in [6, 6.07) is 23.1. The molecule has 0 atom stereocenters. The van der Waals surface area contributed by atoms with E-state index in [9.17, 15) is 14.7 Å². The van der Waals surface area contributed by atoms with Crippen LogP contribution < -0.4 is 10.6 Å². The minimum absolute atomic E-state index is 0.0208. The van der Waals surface area contributed by atoms with E-state index in [-0.39, 0.29) is 17.6 Å². The number of nitrogens with one attached hydrogen (secondary N) is 2. The highest BCUT2D eigenvalue weighted by molar-refractivity contribution is 5.82. The van der Waals surface area contributed by atoms with E-state index < -0.39 is 11.0 Å². The summed E-state index contributed by atoms with van der Waals surface area (Å²) in [6.45, 7) is 10.2. The molecule has 0 saturated heterocycles. The highest BCUT2D eigenvalue weighted by Gasteiger charge is 2.28. The van der Waals surface area contributed by atoms with Crippen LogP contribution in [0.1, 0.15) is 51.3 Å². The van der Waals surface area contributed by atoms with Crippen LogP contribution in [0, 0.1) is 5.41 Å². The first-order chi connectivity index (χ1) is 16.4. The number of carbonyl (C=O) groups excluding carboxylic acids is 2. The molecule has 35 heavy (non-hydrogen) atoms. The van der Waals surface area contributed by atoms with Crippen LogP contribution in [-0.4, -0.2) is 22.5 Å². The van der Waals surface area contributed by atoms with Gasteiger partial charge in [0.1, 0.15) is 5.75 Å². The number of benzene rings is 3. The van der Waals surface area contributed by atoms with Crippen LogP contribution in [0.15, 0.2) is 72.8 Å². The van der Waals surface area contributed by atoms with E-state index in [0.717, 1.165) is 27.8 Å². The van der Waals surface area contributed by atoms with E-state index in [1.54, 1.807) is 12.1 Å². The maximum Gasteiger partial charge on any atom is 0.225 e. The average molecular weight is 473 g/mol. The summed E-state index contributed by atoms with van der Waals surface area (Å²) in [5.74, 6) is 0.212. The van der Waals surface area contributed by atoms with E-state index in [1.807, 2.05) is 95.3 Å². The Balaban J connectivity index is 1.57. The lowest BCUT2D eigenvalue weighted by Crippen LogP contribution is -2.49. The average Bonchev–Trinajstić information content (AvgIpc) is 2.77. The van der Waals surface area contributed by atoms with Crippen LogP contribution in [0.3, 0.4) is 0 Å². The number of carbonyl (C=O) groups is 2. The molecule has 3 N–H and O–H groups in total. The molecule has 0 aliphatic carbocycles. The summed E-state index contributed by atoms with van der Waals surface area (Å²) < 4.78 is 0. The fourth-order valence-electron chi connectivity index (χ4n) is 3.86. The van der Waals surface area contributed by atoms with Gasteiger partial charge in [0, 0.05) is 17.5 Å². The lowest BCUT2D eigenvalue weighted by Gasteiger charge is -2.30. The number of phenolic OH excluding ortho intramolecular Hbond substituents is 1. The molecule has 2 amide bonds. The van der Waals surface area contributed by atoms with Crippen LogP contribution in [0.25, 0.3) is 11.1 Å². The monoisotopic (exact) mass is 472 g/mol. The quantitative estimate of drug-likeness (QED) is 0.411. The SMILES string of the molecule is CC(C)(Cc1cccc(CC(=O)NCc2cccc(-c3ccc(O)cc3)c2)c1)NC(=O)C(C)(C)C. The van der Waals surface area contributed by atoms with Crippen molar-refractivity contribution in [3.05, 3.63) is 89.5 Å². The lowest BCUT2D eigenvalue weighted by molar-refractivity contribution is -0.130. The van der Waals surface area contributed by atoms with E-state index in [4.69, 9.17) is 0 Å². The fraction of sp³-hybridized carbons (Fsp3) is 0.333. The zero-order valence-corrected chi connectivity index (χ0v) is 21.3. The van der Waals surface area contributed by atoms with Crippen LogP contribution in [0.4, 0.5) is 0 Å². The Kier molecular flexibility index (Phi) is 8.00. The Bertz CT molecular complexity index is 1170. The maximum atomic E-state index is 12.6. The molecule has 5 heteroatoms. The maximum absolute atomic E-state index is 12.6. The Morgan fingerprint density at radius 2 is 1.40 bits per heavy atom. The van der Waals surface area contributed by atoms with Crippen molar-refractivity contribution in [2.24, 2.45) is 5.41 Å². The van der Waals surface area contributed by atoms with E-state index in [0.29, 0.717) is 19.4 Å². The zero-order valence-electron chi connectivity index (χ0n) is 21.3. The Labute approximate surface area is 208 Å². The summed E-state index contributed by atoms with van der Waals surface area (Å²) in [7, 11) is 0. The van der Waals surface area contributed by atoms with Gasteiger partial charge in [-0.15, -0.1) is 0 Å². The molecular weight excluding hydrogens is 436 g/mol. The van der Waals surface area contributed by atoms with Crippen molar-refractivity contribution in [1.82, 2.24) is 10.6 Å². The van der Waals surface area contributed by atoms with Gasteiger partial charge in [0.25, 0.3) is 0 Å². The lowest BCUT2D eigenvalue weighted by atomic mass is 9.90. The molecule has 3 aromatic carbocycles. The normalized spacial score (nSPS) is 11.7. The second-order valence-electron chi connectivity index (χ2n) is 10.8. The minimum Gasteiger partial charge on any atom is -0.508 e. The van der Waals surface area contributed by atoms with Crippen molar-refractivity contribution in [2.75, 3.05) is 0 Å². The van der Waals surface area contributed by atoms with Gasteiger partial charge < -0.3 is 15.7 Å². The molecule has 0 unspecified atom stereocenters. The Morgan fingerprint density at radius 3 is 2.09 bits per heavy atom. The summed E-state index contributed by atoms with van der Waals surface area (Å²) in [6.07, 6.45) is 0.967. The number of aromatic hydroxyl groups is 1. The highest BCUT2D eigenvalue weighted by atomic mass is 16.3. The van der Waals surface area contributed by atoms with Gasteiger partial charge in [-0.05, 0) is 66.3 Å². The van der Waals surface area contributed by atoms with Gasteiger partial charge in [-0.25, -0.2) is 0 Å². The van der Waals surface area contributed by atoms with Crippen LogP contribution in [0.5, 0.6) is 5.75 Å². The summed E-state index contributed by atoms with van der Waals surface area (Å²) in [4.78, 5) is 25.0. The third-order valence-corrected chi connectivity index (χ3v) is 5.75. The summed E-state index contributed by atoms with van der Waals surface area (Å²) in [5.41, 5.74) is 4.23. The van der Waals surface area contributed by atoms with Gasteiger partial charge in [0.15, 0.2) is 0 Å². The number of amides is 2. The molecule has 0 aliphatic rings. The number of rotatable bonds is 8. The first-order valence-corrected chi connectivity index (χ1v) is 12.0. The highest BCUT2D eigenvalue weighted by Crippen LogP contribution is 2.23. The molecule has 3 rings (SSSR count). The van der Waals surface area contributed by atoms with Gasteiger partial charge in [-0.2, -0.15) is 0 Å². The molecule has 0 bridgehead atoms. The standard InChI is InChI=1S/C30H36N2O3/c1-29(2,3)28(35)32-30(4,5)19-22-9-6-8-21(16-22)18-27(34)31-20-23-10-7-11-25(17-23)24-12-14-26(33)15-13-24/h6-17,33H,18-20H2,1-5H3,(H,31,34)(H,32,35). The third kappa shape index (κ3) is 7.99.